The van der Waals surface area contributed by atoms with Crippen molar-refractivity contribution < 1.29 is 19.5 Å². The molecule has 5 rings (SSSR count). The van der Waals surface area contributed by atoms with Crippen molar-refractivity contribution in [1.29, 1.82) is 0 Å². The highest BCUT2D eigenvalue weighted by atomic mass is 127. The van der Waals surface area contributed by atoms with E-state index in [4.69, 9.17) is 9.57 Å². The number of nitrogens with one attached hydrogen (secondary N) is 1. The van der Waals surface area contributed by atoms with E-state index in [2.05, 4.69) is 60.5 Å². The minimum absolute atomic E-state index is 0.0292. The van der Waals surface area contributed by atoms with E-state index in [-0.39, 0.29) is 24.0 Å². The van der Waals surface area contributed by atoms with Crippen molar-refractivity contribution in [2.45, 2.75) is 84.7 Å². The number of rotatable bonds is 10. The van der Waals surface area contributed by atoms with Crippen molar-refractivity contribution >= 4 is 28.5 Å². The summed E-state index contributed by atoms with van der Waals surface area (Å²) in [6.07, 6.45) is 2.16. The van der Waals surface area contributed by atoms with Gasteiger partial charge in [0.2, 0.25) is 5.91 Å². The van der Waals surface area contributed by atoms with Crippen LogP contribution in [-0.2, 0) is 16.2 Å². The summed E-state index contributed by atoms with van der Waals surface area (Å²) >= 11 is 2.30. The Morgan fingerprint density at radius 2 is 2.08 bits per heavy atom. The number of hydrogen-bond acceptors (Lipinski definition) is 6. The largest absolute Gasteiger partial charge is 0.491 e. The lowest BCUT2D eigenvalue weighted by molar-refractivity contribution is -0.178. The maximum absolute atomic E-state index is 13.9. The molecule has 1 aliphatic heterocycles. The van der Waals surface area contributed by atoms with Gasteiger partial charge in [-0.1, -0.05) is 39.8 Å². The molecule has 3 aliphatic carbocycles. The fourth-order valence-corrected chi connectivity index (χ4v) is 7.72. The third-order valence-electron chi connectivity index (χ3n) is 9.44. The fraction of sp³-hybridized carbons (Fsp3) is 0.759. The van der Waals surface area contributed by atoms with Gasteiger partial charge in [0.1, 0.15) is 18.4 Å². The molecule has 8 atom stereocenters. The molecule has 1 heterocycles. The molecule has 3 saturated carbocycles. The lowest BCUT2D eigenvalue weighted by Crippen LogP contribution is -2.62. The highest BCUT2D eigenvalue weighted by Gasteiger charge is 2.57. The molecule has 2 N–H and O–H groups in total. The Balaban J connectivity index is 1.55. The summed E-state index contributed by atoms with van der Waals surface area (Å²) in [5.41, 5.74) is 1.35. The average Bonchev–Trinajstić information content (AvgIpc) is 3.20. The first-order valence-corrected chi connectivity index (χ1v) is 15.0. The van der Waals surface area contributed by atoms with Crippen LogP contribution in [0.1, 0.15) is 59.4 Å². The number of amides is 1. The molecule has 208 valence electrons. The summed E-state index contributed by atoms with van der Waals surface area (Å²) in [6.45, 7) is 12.7. The number of para-hydroxylation sites is 1. The molecule has 0 unspecified atom stereocenters. The summed E-state index contributed by atoms with van der Waals surface area (Å²) in [5.74, 6) is 2.27. The van der Waals surface area contributed by atoms with Gasteiger partial charge in [0, 0.05) is 24.1 Å². The third kappa shape index (κ3) is 5.83. The van der Waals surface area contributed by atoms with E-state index in [1.54, 1.807) is 6.92 Å². The van der Waals surface area contributed by atoms with Gasteiger partial charge in [-0.05, 0) is 92.1 Å². The first-order chi connectivity index (χ1) is 17.4. The number of benzene rings is 1. The maximum Gasteiger partial charge on any atom is 0.240 e. The van der Waals surface area contributed by atoms with Gasteiger partial charge in [-0.3, -0.25) is 9.63 Å². The van der Waals surface area contributed by atoms with Gasteiger partial charge < -0.3 is 20.1 Å². The van der Waals surface area contributed by atoms with Gasteiger partial charge in [0.05, 0.1) is 22.3 Å². The highest BCUT2D eigenvalue weighted by Crippen LogP contribution is 2.61. The number of ether oxygens (including phenoxy) is 1. The van der Waals surface area contributed by atoms with Crippen molar-refractivity contribution in [3.05, 3.63) is 27.3 Å². The number of nitrogens with zero attached hydrogens (tertiary/aromatic N) is 2. The van der Waals surface area contributed by atoms with E-state index in [0.29, 0.717) is 36.3 Å². The predicted octanol–water partition coefficient (Wildman–Crippen LogP) is 4.31. The number of hydrogen-bond donors (Lipinski definition) is 2. The Morgan fingerprint density at radius 3 is 2.68 bits per heavy atom. The van der Waals surface area contributed by atoms with Crippen molar-refractivity contribution in [3.63, 3.8) is 0 Å². The molecular formula is C29H46IN3O4. The molecule has 1 saturated heterocycles. The first kappa shape index (κ1) is 29.1. The average molecular weight is 628 g/mol. The lowest BCUT2D eigenvalue weighted by atomic mass is 9.45. The number of aliphatic hydroxyl groups excluding tert-OH is 1. The summed E-state index contributed by atoms with van der Waals surface area (Å²) in [5, 5.41) is 16.0. The summed E-state index contributed by atoms with van der Waals surface area (Å²) in [6, 6.07) is 5.71. The fourth-order valence-electron chi connectivity index (χ4n) is 7.01. The van der Waals surface area contributed by atoms with E-state index in [1.165, 1.54) is 6.42 Å². The Morgan fingerprint density at radius 1 is 1.35 bits per heavy atom. The molecule has 4 fully saturated rings. The van der Waals surface area contributed by atoms with Gasteiger partial charge in [-0.2, -0.15) is 5.06 Å². The first-order valence-electron chi connectivity index (χ1n) is 13.9. The summed E-state index contributed by atoms with van der Waals surface area (Å²) in [7, 11) is 4.06. The Hall–Kier alpha value is -0.940. The molecule has 1 aromatic rings. The van der Waals surface area contributed by atoms with Gasteiger partial charge in [0.15, 0.2) is 0 Å². The predicted molar refractivity (Wildman–Crippen MR) is 154 cm³/mol. The highest BCUT2D eigenvalue weighted by molar-refractivity contribution is 14.1. The van der Waals surface area contributed by atoms with Crippen LogP contribution >= 0.6 is 22.6 Å². The number of halogens is 1. The summed E-state index contributed by atoms with van der Waals surface area (Å²) < 4.78 is 7.24. The topological polar surface area (TPSA) is 74.3 Å². The molecule has 0 aromatic heterocycles. The van der Waals surface area contributed by atoms with Gasteiger partial charge in [0.25, 0.3) is 0 Å². The Labute approximate surface area is 236 Å². The zero-order valence-electron chi connectivity index (χ0n) is 23.5. The number of hydroxylamine groups is 2. The van der Waals surface area contributed by atoms with Crippen LogP contribution in [0.3, 0.4) is 0 Å². The smallest absolute Gasteiger partial charge is 0.240 e. The molecule has 1 amide bonds. The van der Waals surface area contributed by atoms with Crippen molar-refractivity contribution in [2.75, 3.05) is 27.2 Å². The second-order valence-electron chi connectivity index (χ2n) is 12.3. The minimum Gasteiger partial charge on any atom is -0.491 e. The van der Waals surface area contributed by atoms with Crippen molar-refractivity contribution in [1.82, 2.24) is 15.3 Å². The second-order valence-corrected chi connectivity index (χ2v) is 13.5. The van der Waals surface area contributed by atoms with Crippen LogP contribution in [0.5, 0.6) is 5.75 Å². The normalized spacial score (nSPS) is 33.7. The van der Waals surface area contributed by atoms with Gasteiger partial charge >= 0.3 is 0 Å². The zero-order valence-corrected chi connectivity index (χ0v) is 25.7. The second kappa shape index (κ2) is 11.7. The van der Waals surface area contributed by atoms with Crippen LogP contribution in [0.2, 0.25) is 0 Å². The van der Waals surface area contributed by atoms with E-state index in [1.807, 2.05) is 37.4 Å². The molecular weight excluding hydrogens is 581 g/mol. The number of carbonyl (C=O) groups is 1. The van der Waals surface area contributed by atoms with Crippen LogP contribution in [0.15, 0.2) is 18.2 Å². The molecule has 0 radical (unpaired) electrons. The van der Waals surface area contributed by atoms with Crippen molar-refractivity contribution in [2.24, 2.45) is 29.1 Å². The van der Waals surface area contributed by atoms with Crippen LogP contribution in [0.25, 0.3) is 0 Å². The standard InChI is InChI=1S/C29H46IN3O4/c1-8-24-25(18(3)34)26(28(35)31-23-15-20-14-21(17(23)2)29(20,4)5)33(37-24)16-19-10-9-11-22(30)27(19)36-13-12-32(6)7/h9-11,17-18,20-21,23-26,34H,8,12-16H2,1-7H3,(H,31,35)/t17-,18-,20+,21-,23-,24-,25+,26-/m0/s1. The van der Waals surface area contributed by atoms with Crippen LogP contribution < -0.4 is 10.1 Å². The van der Waals surface area contributed by atoms with Crippen molar-refractivity contribution in [3.8, 4) is 5.75 Å². The molecule has 4 aliphatic rings. The number of carbonyl (C=O) groups excluding carboxylic acids is 1. The molecule has 0 spiro atoms. The molecule has 1 aromatic carbocycles. The Bertz CT molecular complexity index is 955. The van der Waals surface area contributed by atoms with Crippen LogP contribution in [0.4, 0.5) is 0 Å². The monoisotopic (exact) mass is 627 g/mol. The maximum atomic E-state index is 13.9. The number of likely N-dealkylation sites (N-methyl/N-ethyl adjacent to an activating group) is 1. The van der Waals surface area contributed by atoms with Crippen LogP contribution in [0, 0.1) is 32.7 Å². The number of aliphatic hydroxyl groups is 1. The SMILES string of the molecule is CC[C@@H]1ON(Cc2cccc(I)c2OCCN(C)C)[C@H](C(=O)N[C@H]2C[C@H]3C[C@@H]([C@@H]2C)C3(C)C)[C@@H]1[C@H](C)O. The van der Waals surface area contributed by atoms with E-state index < -0.39 is 12.1 Å². The minimum atomic E-state index is -0.659. The van der Waals surface area contributed by atoms with Gasteiger partial charge in [-0.25, -0.2) is 0 Å². The number of fused-ring (bicyclic) bond motifs is 2. The van der Waals surface area contributed by atoms with Crippen LogP contribution in [-0.4, -0.2) is 72.5 Å². The van der Waals surface area contributed by atoms with E-state index in [0.717, 1.165) is 34.3 Å². The summed E-state index contributed by atoms with van der Waals surface area (Å²) in [4.78, 5) is 22.4. The molecule has 8 heteroatoms. The lowest BCUT2D eigenvalue weighted by Gasteiger charge is -2.62. The van der Waals surface area contributed by atoms with Gasteiger partial charge in [-0.15, -0.1) is 0 Å². The van der Waals surface area contributed by atoms with E-state index >= 15 is 0 Å². The molecule has 2 bridgehead atoms. The quantitative estimate of drug-likeness (QED) is 0.377. The molecule has 37 heavy (non-hydrogen) atoms. The zero-order chi connectivity index (χ0) is 27.1. The third-order valence-corrected chi connectivity index (χ3v) is 10.3. The Kier molecular flexibility index (Phi) is 9.16. The molecule has 7 nitrogen and oxygen atoms in total. The van der Waals surface area contributed by atoms with E-state index in [9.17, 15) is 9.90 Å².